The van der Waals surface area contributed by atoms with E-state index in [9.17, 15) is 9.18 Å². The second kappa shape index (κ2) is 7.58. The van der Waals surface area contributed by atoms with E-state index in [1.807, 2.05) is 11.5 Å². The first-order valence-corrected chi connectivity index (χ1v) is 9.63. The third-order valence-corrected chi connectivity index (χ3v) is 5.64. The molecule has 26 heavy (non-hydrogen) atoms. The fraction of sp³-hybridized carbons (Fsp3) is 0.400. The van der Waals surface area contributed by atoms with Crippen molar-refractivity contribution in [1.82, 2.24) is 15.2 Å². The molecule has 0 saturated heterocycles. The standard InChI is InChI=1S/C20H24FN3OS/c1-20(2,3)18-23-17(13-26-18)12-22-19(25)24-10-8-15(9-11-24)14-4-6-16(21)7-5-14/h4-8,13H,9-12H2,1-3H3,(H,22,25). The van der Waals surface area contributed by atoms with Crippen LogP contribution in [0.3, 0.4) is 0 Å². The molecule has 1 aromatic carbocycles. The molecule has 2 aromatic rings. The lowest BCUT2D eigenvalue weighted by atomic mass is 9.98. The molecule has 1 aliphatic rings. The number of hydrogen-bond donors (Lipinski definition) is 1. The van der Waals surface area contributed by atoms with Gasteiger partial charge in [0.05, 0.1) is 17.2 Å². The van der Waals surface area contributed by atoms with Crippen molar-refractivity contribution < 1.29 is 9.18 Å². The minimum Gasteiger partial charge on any atom is -0.332 e. The molecule has 0 radical (unpaired) electrons. The van der Waals surface area contributed by atoms with Crippen molar-refractivity contribution in [3.05, 3.63) is 57.8 Å². The van der Waals surface area contributed by atoms with Crippen molar-refractivity contribution in [1.29, 1.82) is 0 Å². The third kappa shape index (κ3) is 4.49. The fourth-order valence-corrected chi connectivity index (χ4v) is 3.70. The van der Waals surface area contributed by atoms with Crippen molar-refractivity contribution in [2.75, 3.05) is 13.1 Å². The predicted octanol–water partition coefficient (Wildman–Crippen LogP) is 4.58. The lowest BCUT2D eigenvalue weighted by Crippen LogP contribution is -2.41. The molecule has 1 N–H and O–H groups in total. The highest BCUT2D eigenvalue weighted by Crippen LogP contribution is 2.26. The topological polar surface area (TPSA) is 45.2 Å². The van der Waals surface area contributed by atoms with Gasteiger partial charge in [-0.1, -0.05) is 39.0 Å². The van der Waals surface area contributed by atoms with Gasteiger partial charge in [-0.05, 0) is 29.7 Å². The summed E-state index contributed by atoms with van der Waals surface area (Å²) in [5.41, 5.74) is 3.10. The molecular formula is C20H24FN3OS. The summed E-state index contributed by atoms with van der Waals surface area (Å²) >= 11 is 1.63. The number of benzene rings is 1. The van der Waals surface area contributed by atoms with Gasteiger partial charge < -0.3 is 10.2 Å². The Labute approximate surface area is 157 Å². The number of urea groups is 1. The molecule has 0 spiro atoms. The molecule has 4 nitrogen and oxygen atoms in total. The smallest absolute Gasteiger partial charge is 0.318 e. The maximum atomic E-state index is 13.0. The number of rotatable bonds is 3. The molecule has 138 valence electrons. The van der Waals surface area contributed by atoms with Crippen LogP contribution in [0.5, 0.6) is 0 Å². The van der Waals surface area contributed by atoms with Gasteiger partial charge in [-0.25, -0.2) is 14.2 Å². The van der Waals surface area contributed by atoms with Gasteiger partial charge in [0.25, 0.3) is 0 Å². The number of halogens is 1. The van der Waals surface area contributed by atoms with Crippen molar-refractivity contribution in [2.24, 2.45) is 0 Å². The Morgan fingerprint density at radius 2 is 2.04 bits per heavy atom. The van der Waals surface area contributed by atoms with Gasteiger partial charge in [-0.2, -0.15) is 0 Å². The highest BCUT2D eigenvalue weighted by Gasteiger charge is 2.20. The van der Waals surface area contributed by atoms with Crippen LogP contribution in [-0.2, 0) is 12.0 Å². The van der Waals surface area contributed by atoms with E-state index >= 15 is 0 Å². The zero-order valence-corrected chi connectivity index (χ0v) is 16.2. The monoisotopic (exact) mass is 373 g/mol. The Morgan fingerprint density at radius 1 is 1.31 bits per heavy atom. The minimum absolute atomic E-state index is 0.0291. The van der Waals surface area contributed by atoms with Crippen LogP contribution in [0.2, 0.25) is 0 Å². The van der Waals surface area contributed by atoms with Crippen LogP contribution in [0.4, 0.5) is 9.18 Å². The van der Waals surface area contributed by atoms with Crippen molar-refractivity contribution >= 4 is 22.9 Å². The lowest BCUT2D eigenvalue weighted by Gasteiger charge is -2.26. The van der Waals surface area contributed by atoms with Crippen molar-refractivity contribution in [3.63, 3.8) is 0 Å². The average molecular weight is 373 g/mol. The van der Waals surface area contributed by atoms with Crippen LogP contribution in [0.1, 0.15) is 43.5 Å². The number of carbonyl (C=O) groups excluding carboxylic acids is 1. The molecule has 2 heterocycles. The Balaban J connectivity index is 1.53. The lowest BCUT2D eigenvalue weighted by molar-refractivity contribution is 0.202. The number of hydrogen-bond acceptors (Lipinski definition) is 3. The van der Waals surface area contributed by atoms with Gasteiger partial charge in [0.1, 0.15) is 5.82 Å². The number of thiazole rings is 1. The van der Waals surface area contributed by atoms with Crippen LogP contribution in [0.15, 0.2) is 35.7 Å². The summed E-state index contributed by atoms with van der Waals surface area (Å²) in [5, 5.41) is 6.03. The Bertz CT molecular complexity index is 805. The molecule has 2 amide bonds. The summed E-state index contributed by atoms with van der Waals surface area (Å²) in [6.07, 6.45) is 2.81. The van der Waals surface area contributed by atoms with E-state index < -0.39 is 0 Å². The zero-order valence-electron chi connectivity index (χ0n) is 15.4. The summed E-state index contributed by atoms with van der Waals surface area (Å²) in [6, 6.07) is 6.42. The van der Waals surface area contributed by atoms with Crippen molar-refractivity contribution in [3.8, 4) is 0 Å². The summed E-state index contributed by atoms with van der Waals surface area (Å²) < 4.78 is 13.0. The summed E-state index contributed by atoms with van der Waals surface area (Å²) in [5.74, 6) is -0.233. The van der Waals surface area contributed by atoms with Crippen LogP contribution >= 0.6 is 11.3 Å². The Hall–Kier alpha value is -2.21. The number of carbonyl (C=O) groups is 1. The van der Waals surface area contributed by atoms with E-state index in [1.54, 1.807) is 28.4 Å². The minimum atomic E-state index is -0.233. The van der Waals surface area contributed by atoms with Crippen LogP contribution in [-0.4, -0.2) is 29.0 Å². The van der Waals surface area contributed by atoms with E-state index in [4.69, 9.17) is 0 Å². The maximum absolute atomic E-state index is 13.0. The third-order valence-electron chi connectivity index (χ3n) is 4.33. The molecule has 1 aromatic heterocycles. The van der Waals surface area contributed by atoms with E-state index in [1.165, 1.54) is 12.1 Å². The van der Waals surface area contributed by atoms with Gasteiger partial charge in [0.15, 0.2) is 0 Å². The molecule has 1 aliphatic heterocycles. The molecular weight excluding hydrogens is 349 g/mol. The maximum Gasteiger partial charge on any atom is 0.318 e. The SMILES string of the molecule is CC(C)(C)c1nc(CNC(=O)N2CC=C(c3ccc(F)cc3)CC2)cs1. The number of nitrogens with zero attached hydrogens (tertiary/aromatic N) is 2. The van der Waals surface area contributed by atoms with E-state index in [-0.39, 0.29) is 17.3 Å². The Kier molecular flexibility index (Phi) is 5.41. The second-order valence-electron chi connectivity index (χ2n) is 7.48. The van der Waals surface area contributed by atoms with Crippen LogP contribution in [0, 0.1) is 5.82 Å². The second-order valence-corrected chi connectivity index (χ2v) is 8.34. The van der Waals surface area contributed by atoms with Crippen molar-refractivity contribution in [2.45, 2.75) is 39.2 Å². The van der Waals surface area contributed by atoms with Crippen LogP contribution in [0.25, 0.3) is 5.57 Å². The molecule has 3 rings (SSSR count). The molecule has 0 unspecified atom stereocenters. The van der Waals surface area contributed by atoms with Crippen LogP contribution < -0.4 is 5.32 Å². The van der Waals surface area contributed by atoms with E-state index in [0.29, 0.717) is 19.6 Å². The number of nitrogens with one attached hydrogen (secondary N) is 1. The quantitative estimate of drug-likeness (QED) is 0.856. The molecule has 0 aliphatic carbocycles. The first kappa shape index (κ1) is 18.6. The van der Waals surface area contributed by atoms with Gasteiger partial charge >= 0.3 is 6.03 Å². The predicted molar refractivity (Wildman–Crippen MR) is 104 cm³/mol. The molecule has 0 fully saturated rings. The normalized spacial score (nSPS) is 14.9. The highest BCUT2D eigenvalue weighted by atomic mass is 32.1. The summed E-state index contributed by atoms with van der Waals surface area (Å²) in [7, 11) is 0. The molecule has 0 atom stereocenters. The van der Waals surface area contributed by atoms with E-state index in [0.717, 1.165) is 28.3 Å². The van der Waals surface area contributed by atoms with Gasteiger partial charge in [0.2, 0.25) is 0 Å². The zero-order chi connectivity index (χ0) is 18.7. The first-order chi connectivity index (χ1) is 12.3. The largest absolute Gasteiger partial charge is 0.332 e. The van der Waals surface area contributed by atoms with E-state index in [2.05, 4.69) is 31.1 Å². The number of amides is 2. The Morgan fingerprint density at radius 3 is 2.62 bits per heavy atom. The summed E-state index contributed by atoms with van der Waals surface area (Å²) in [6.45, 7) is 8.05. The molecule has 6 heteroatoms. The summed E-state index contributed by atoms with van der Waals surface area (Å²) in [4.78, 5) is 18.8. The average Bonchev–Trinajstić information content (AvgIpc) is 3.10. The molecule has 0 saturated carbocycles. The van der Waals surface area contributed by atoms with Gasteiger partial charge in [-0.15, -0.1) is 11.3 Å². The highest BCUT2D eigenvalue weighted by molar-refractivity contribution is 7.09. The number of aromatic nitrogens is 1. The first-order valence-electron chi connectivity index (χ1n) is 8.75. The molecule has 0 bridgehead atoms. The fourth-order valence-electron chi connectivity index (χ4n) is 2.79. The van der Waals surface area contributed by atoms with Gasteiger partial charge in [0, 0.05) is 23.9 Å². The van der Waals surface area contributed by atoms with Gasteiger partial charge in [-0.3, -0.25) is 0 Å².